The zero-order valence-corrected chi connectivity index (χ0v) is 13.8. The van der Waals surface area contributed by atoms with Crippen LogP contribution in [0.15, 0.2) is 91.0 Å². The minimum atomic E-state index is -0.446. The molecule has 3 rings (SSSR count). The summed E-state index contributed by atoms with van der Waals surface area (Å²) in [5, 5.41) is 4.19. The van der Waals surface area contributed by atoms with Gasteiger partial charge in [-0.3, -0.25) is 0 Å². The molecule has 2 heteroatoms. The van der Waals surface area contributed by atoms with Crippen molar-refractivity contribution in [2.75, 3.05) is 0 Å². The Labute approximate surface area is 136 Å². The molecule has 0 bridgehead atoms. The monoisotopic (exact) mass is 335 g/mol. The van der Waals surface area contributed by atoms with E-state index in [1.165, 1.54) is 15.9 Å². The molecule has 0 aliphatic carbocycles. The first-order chi connectivity index (χ1) is 10.4. The van der Waals surface area contributed by atoms with E-state index in [-0.39, 0.29) is 0 Å². The molecule has 0 amide bonds. The molecule has 0 unspecified atom stereocenters. The third-order valence-electron chi connectivity index (χ3n) is 3.04. The summed E-state index contributed by atoms with van der Waals surface area (Å²) in [5.41, 5.74) is 0. The normalized spacial score (nSPS) is 9.90. The molecule has 21 heavy (non-hydrogen) atoms. The van der Waals surface area contributed by atoms with Crippen LogP contribution in [0.1, 0.15) is 0 Å². The van der Waals surface area contributed by atoms with Crippen molar-refractivity contribution >= 4 is 23.8 Å². The van der Waals surface area contributed by atoms with Crippen LogP contribution in [0.4, 0.5) is 0 Å². The SMILES string of the molecule is [CH3][Ni].c1ccc(P(c2ccccc2)c2ccccc2)cc1. The van der Waals surface area contributed by atoms with Gasteiger partial charge in [0.15, 0.2) is 0 Å². The smallest absolute Gasteiger partial charge is 0.0134 e. The van der Waals surface area contributed by atoms with Gasteiger partial charge in [0.25, 0.3) is 0 Å². The van der Waals surface area contributed by atoms with Crippen LogP contribution in [0.2, 0.25) is 5.89 Å². The molecule has 0 saturated heterocycles. The second kappa shape index (κ2) is 8.78. The summed E-state index contributed by atoms with van der Waals surface area (Å²) in [5.74, 6) is 1.62. The first-order valence-electron chi connectivity index (χ1n) is 6.72. The Morgan fingerprint density at radius 1 is 0.476 bits per heavy atom. The van der Waals surface area contributed by atoms with E-state index in [4.69, 9.17) is 0 Å². The van der Waals surface area contributed by atoms with E-state index in [9.17, 15) is 0 Å². The molecule has 0 aliphatic heterocycles. The minimum Gasteiger partial charge on any atom is -0.0622 e. The third kappa shape index (κ3) is 4.27. The van der Waals surface area contributed by atoms with Crippen LogP contribution in [0.3, 0.4) is 0 Å². The molecule has 3 aromatic rings. The molecular weight excluding hydrogens is 318 g/mol. The van der Waals surface area contributed by atoms with Gasteiger partial charge in [0, 0.05) is 0 Å². The number of hydrogen-bond acceptors (Lipinski definition) is 0. The summed E-state index contributed by atoms with van der Waals surface area (Å²) in [6.45, 7) is 0. The predicted octanol–water partition coefficient (Wildman–Crippen LogP) is 4.03. The second-order valence-corrected chi connectivity index (χ2v) is 6.56. The van der Waals surface area contributed by atoms with Gasteiger partial charge in [-0.15, -0.1) is 0 Å². The Kier molecular flexibility index (Phi) is 6.67. The van der Waals surface area contributed by atoms with E-state index in [1.807, 2.05) is 0 Å². The van der Waals surface area contributed by atoms with Gasteiger partial charge in [-0.25, -0.2) is 0 Å². The van der Waals surface area contributed by atoms with Crippen LogP contribution in [-0.2, 0) is 15.5 Å². The van der Waals surface area contributed by atoms with Crippen molar-refractivity contribution < 1.29 is 15.5 Å². The summed E-state index contributed by atoms with van der Waals surface area (Å²) < 4.78 is 0. The molecule has 0 N–H and O–H groups in total. The van der Waals surface area contributed by atoms with E-state index < -0.39 is 7.92 Å². The summed E-state index contributed by atoms with van der Waals surface area (Å²) in [7, 11) is -0.446. The van der Waals surface area contributed by atoms with Crippen molar-refractivity contribution in [3.8, 4) is 0 Å². The summed E-state index contributed by atoms with van der Waals surface area (Å²) in [6, 6.07) is 32.3. The Balaban J connectivity index is 0.000000774. The molecule has 0 radical (unpaired) electrons. The fraction of sp³-hybridized carbons (Fsp3) is 0.0526. The van der Waals surface area contributed by atoms with Crippen LogP contribution >= 0.6 is 7.92 Å². The van der Waals surface area contributed by atoms with Gasteiger partial charge >= 0.3 is 21.4 Å². The van der Waals surface area contributed by atoms with Crippen molar-refractivity contribution in [1.29, 1.82) is 0 Å². The van der Waals surface area contributed by atoms with Gasteiger partial charge < -0.3 is 0 Å². The largest absolute Gasteiger partial charge is 0.0622 e. The maximum absolute atomic E-state index is 3.88. The topological polar surface area (TPSA) is 0 Å². The minimum absolute atomic E-state index is 0.446. The Morgan fingerprint density at radius 2 is 0.714 bits per heavy atom. The van der Waals surface area contributed by atoms with Crippen molar-refractivity contribution in [2.45, 2.75) is 5.89 Å². The summed E-state index contributed by atoms with van der Waals surface area (Å²) in [6.07, 6.45) is 0. The average Bonchev–Trinajstić information content (AvgIpc) is 2.60. The van der Waals surface area contributed by atoms with E-state index in [0.717, 1.165) is 0 Å². The second-order valence-electron chi connectivity index (χ2n) is 4.34. The van der Waals surface area contributed by atoms with Gasteiger partial charge in [-0.2, -0.15) is 0 Å². The van der Waals surface area contributed by atoms with Crippen LogP contribution in [0.25, 0.3) is 0 Å². The fourth-order valence-electron chi connectivity index (χ4n) is 2.18. The van der Waals surface area contributed by atoms with Crippen molar-refractivity contribution in [2.24, 2.45) is 0 Å². The maximum Gasteiger partial charge on any atom is -0.0134 e. The maximum atomic E-state index is 3.88. The molecule has 0 saturated carbocycles. The quantitative estimate of drug-likeness (QED) is 0.501. The van der Waals surface area contributed by atoms with E-state index in [0.29, 0.717) is 0 Å². The van der Waals surface area contributed by atoms with Gasteiger partial charge in [-0.05, 0) is 23.8 Å². The van der Waals surface area contributed by atoms with Gasteiger partial charge in [0.2, 0.25) is 0 Å². The Bertz CT molecular complexity index is 530. The molecule has 0 nitrogen and oxygen atoms in total. The molecule has 0 spiro atoms. The number of rotatable bonds is 3. The van der Waals surface area contributed by atoms with E-state index in [1.54, 1.807) is 5.89 Å². The third-order valence-corrected chi connectivity index (χ3v) is 5.49. The van der Waals surface area contributed by atoms with Crippen LogP contribution in [0.5, 0.6) is 0 Å². The Morgan fingerprint density at radius 3 is 0.952 bits per heavy atom. The zero-order chi connectivity index (χ0) is 14.9. The van der Waals surface area contributed by atoms with Gasteiger partial charge in [0.05, 0.1) is 0 Å². The molecule has 0 aliphatic rings. The van der Waals surface area contributed by atoms with E-state index >= 15 is 0 Å². The Hall–Kier alpha value is -1.42. The first-order valence-corrected chi connectivity index (χ1v) is 9.05. The molecule has 0 fully saturated rings. The van der Waals surface area contributed by atoms with Crippen LogP contribution < -0.4 is 15.9 Å². The summed E-state index contributed by atoms with van der Waals surface area (Å²) >= 11 is 3.88. The fourth-order valence-corrected chi connectivity index (χ4v) is 4.48. The standard InChI is InChI=1S/C18H15P.CH3.Ni/c1-4-10-16(11-5-1)19(17-12-6-2-7-13-17)18-14-8-3-9-15-18;;/h1-15H;1H3;. The molecule has 3 aromatic carbocycles. The van der Waals surface area contributed by atoms with Gasteiger partial charge in [0.1, 0.15) is 0 Å². The van der Waals surface area contributed by atoms with Crippen molar-refractivity contribution in [1.82, 2.24) is 0 Å². The van der Waals surface area contributed by atoms with E-state index in [2.05, 4.69) is 106 Å². The van der Waals surface area contributed by atoms with Crippen LogP contribution in [0, 0.1) is 0 Å². The van der Waals surface area contributed by atoms with Crippen LogP contribution in [-0.4, -0.2) is 0 Å². The predicted molar refractivity (Wildman–Crippen MR) is 91.0 cm³/mol. The molecular formula is C19H18NiP. The first kappa shape index (κ1) is 16.0. The summed E-state index contributed by atoms with van der Waals surface area (Å²) in [4.78, 5) is 0. The molecule has 0 atom stereocenters. The zero-order valence-electron chi connectivity index (χ0n) is 11.9. The van der Waals surface area contributed by atoms with Gasteiger partial charge in [-0.1, -0.05) is 91.0 Å². The van der Waals surface area contributed by atoms with Crippen molar-refractivity contribution in [3.63, 3.8) is 0 Å². The average molecular weight is 336 g/mol. The molecule has 0 heterocycles. The molecule has 109 valence electrons. The number of benzene rings is 3. The number of hydrogen-bond donors (Lipinski definition) is 0. The molecule has 0 aromatic heterocycles. The van der Waals surface area contributed by atoms with Crippen molar-refractivity contribution in [3.05, 3.63) is 91.0 Å².